The molecule has 0 bridgehead atoms. The second kappa shape index (κ2) is 6.56. The topological polar surface area (TPSA) is 42.4 Å². The van der Waals surface area contributed by atoms with Crippen LogP contribution in [0, 0.1) is 12.3 Å². The molecule has 3 aliphatic rings. The first-order chi connectivity index (χ1) is 12.3. The molecule has 3 aliphatic heterocycles. The van der Waals surface area contributed by atoms with E-state index in [9.17, 15) is 17.7 Å². The number of piperidine rings is 1. The maximum atomic E-state index is 12.8. The fourth-order valence-electron chi connectivity index (χ4n) is 4.68. The van der Waals surface area contributed by atoms with Gasteiger partial charge in [-0.15, -0.1) is 0 Å². The van der Waals surface area contributed by atoms with Gasteiger partial charge in [-0.25, -0.2) is 4.98 Å². The molecule has 3 fully saturated rings. The number of likely N-dealkylation sites (tertiary alicyclic amines) is 1. The van der Waals surface area contributed by atoms with Crippen molar-refractivity contribution in [3.8, 4) is 0 Å². The Bertz CT molecular complexity index is 670. The van der Waals surface area contributed by atoms with E-state index in [-0.39, 0.29) is 0 Å². The molecular weight excluding hydrogens is 363 g/mol. The molecule has 0 atom stereocenters. The summed E-state index contributed by atoms with van der Waals surface area (Å²) in [7, 11) is 0. The largest absolute Gasteiger partial charge is 0.616 e. The highest BCUT2D eigenvalue weighted by atomic mass is 32.2. The Morgan fingerprint density at radius 3 is 2.46 bits per heavy atom. The molecule has 4 heterocycles. The Hall–Kier alpha value is -0.990. The molecule has 0 unspecified atom stereocenters. The quantitative estimate of drug-likeness (QED) is 0.732. The fraction of sp³-hybridized carbons (Fsp3) is 0.722. The first-order valence-electron chi connectivity index (χ1n) is 9.15. The molecule has 144 valence electrons. The summed E-state index contributed by atoms with van der Waals surface area (Å²) in [6, 6.07) is 3.16. The Morgan fingerprint density at radius 2 is 1.88 bits per heavy atom. The van der Waals surface area contributed by atoms with Crippen molar-refractivity contribution in [2.45, 2.75) is 38.4 Å². The average molecular weight is 387 g/mol. The van der Waals surface area contributed by atoms with Crippen molar-refractivity contribution in [3.63, 3.8) is 0 Å². The third-order valence-electron chi connectivity index (χ3n) is 6.07. The molecule has 4 nitrogen and oxygen atoms in total. The Kier molecular flexibility index (Phi) is 4.64. The normalized spacial score (nSPS) is 30.8. The first-order valence-corrected chi connectivity index (χ1v) is 10.6. The molecule has 0 N–H and O–H groups in total. The number of nitrogens with zero attached hydrogens (tertiary/aromatic N) is 3. The summed E-state index contributed by atoms with van der Waals surface area (Å²) in [5, 5.41) is 0. The highest BCUT2D eigenvalue weighted by molar-refractivity contribution is 7.92. The van der Waals surface area contributed by atoms with Gasteiger partial charge in [0, 0.05) is 25.7 Å². The van der Waals surface area contributed by atoms with Gasteiger partial charge in [-0.1, -0.05) is 11.2 Å². The third-order valence-corrected chi connectivity index (χ3v) is 7.94. The van der Waals surface area contributed by atoms with Gasteiger partial charge >= 0.3 is 6.18 Å². The van der Waals surface area contributed by atoms with Crippen molar-refractivity contribution in [2.24, 2.45) is 5.41 Å². The minimum absolute atomic E-state index is 0.302. The van der Waals surface area contributed by atoms with Crippen LogP contribution < -0.4 is 4.90 Å². The molecule has 0 amide bonds. The van der Waals surface area contributed by atoms with Crippen molar-refractivity contribution < 1.29 is 17.7 Å². The molecule has 4 rings (SSSR count). The lowest BCUT2D eigenvalue weighted by Crippen LogP contribution is -2.52. The van der Waals surface area contributed by atoms with Crippen LogP contribution in [0.3, 0.4) is 0 Å². The van der Waals surface area contributed by atoms with Gasteiger partial charge in [0.2, 0.25) is 0 Å². The van der Waals surface area contributed by atoms with Crippen LogP contribution in [0.2, 0.25) is 0 Å². The van der Waals surface area contributed by atoms with Crippen LogP contribution in [0.1, 0.15) is 30.7 Å². The van der Waals surface area contributed by atoms with Crippen LogP contribution in [0.4, 0.5) is 18.9 Å². The number of anilines is 1. The molecule has 3 saturated heterocycles. The summed E-state index contributed by atoms with van der Waals surface area (Å²) in [6.45, 7) is 5.48. The number of alkyl halides is 3. The number of pyridine rings is 1. The summed E-state index contributed by atoms with van der Waals surface area (Å²) >= 11 is -0.605. The summed E-state index contributed by atoms with van der Waals surface area (Å²) in [6.07, 6.45) is -1.21. The average Bonchev–Trinajstić information content (AvgIpc) is 2.99. The molecule has 1 aromatic rings. The van der Waals surface area contributed by atoms with E-state index in [1.807, 2.05) is 0 Å². The number of hydrogen-bond donors (Lipinski definition) is 0. The second-order valence-corrected chi connectivity index (χ2v) is 9.42. The van der Waals surface area contributed by atoms with E-state index in [1.54, 1.807) is 13.0 Å². The lowest BCUT2D eigenvalue weighted by atomic mass is 9.91. The Labute approximate surface area is 154 Å². The molecule has 8 heteroatoms. The lowest BCUT2D eigenvalue weighted by Gasteiger charge is -2.41. The van der Waals surface area contributed by atoms with Crippen molar-refractivity contribution in [1.82, 2.24) is 9.88 Å². The molecule has 0 radical (unpaired) electrons. The molecule has 1 spiro atoms. The monoisotopic (exact) mass is 387 g/mol. The summed E-state index contributed by atoms with van der Waals surface area (Å²) in [4.78, 5) is 8.46. The predicted octanol–water partition coefficient (Wildman–Crippen LogP) is 2.83. The minimum atomic E-state index is -4.40. The fourth-order valence-corrected chi connectivity index (χ4v) is 6.43. The van der Waals surface area contributed by atoms with E-state index in [0.29, 0.717) is 17.2 Å². The van der Waals surface area contributed by atoms with Crippen LogP contribution in [0.5, 0.6) is 0 Å². The van der Waals surface area contributed by atoms with Crippen LogP contribution >= 0.6 is 0 Å². The van der Waals surface area contributed by atoms with E-state index in [2.05, 4.69) is 14.8 Å². The van der Waals surface area contributed by atoms with Gasteiger partial charge in [0.1, 0.15) is 17.2 Å². The molecular formula is C18H24F3N3OS. The summed E-state index contributed by atoms with van der Waals surface area (Å²) in [5.41, 5.74) is 0.726. The maximum Gasteiger partial charge on any atom is 0.433 e. The molecule has 1 aromatic heterocycles. The van der Waals surface area contributed by atoms with Crippen LogP contribution in [-0.4, -0.2) is 58.2 Å². The SMILES string of the molecule is Cc1nc(C(F)(F)F)ccc1N1CCC(N2CCC3(C2)C[S+]([O-])C3)CC1. The molecule has 26 heavy (non-hydrogen) atoms. The standard InChI is InChI=1S/C18H24F3N3OS/c1-13-15(2-3-16(22-13)18(19,20)21)23-7-4-14(5-8-23)24-9-6-17(10-24)11-26(25)12-17/h2-3,14H,4-12H2,1H3. The third kappa shape index (κ3) is 3.43. The lowest BCUT2D eigenvalue weighted by molar-refractivity contribution is -0.141. The van der Waals surface area contributed by atoms with Crippen molar-refractivity contribution in [1.29, 1.82) is 0 Å². The maximum absolute atomic E-state index is 12.8. The van der Waals surface area contributed by atoms with Crippen LogP contribution in [-0.2, 0) is 17.4 Å². The first kappa shape index (κ1) is 18.4. The number of hydrogen-bond acceptors (Lipinski definition) is 4. The van der Waals surface area contributed by atoms with Gasteiger partial charge in [0.15, 0.2) is 0 Å². The Morgan fingerprint density at radius 1 is 1.19 bits per heavy atom. The van der Waals surface area contributed by atoms with E-state index >= 15 is 0 Å². The zero-order valence-corrected chi connectivity index (χ0v) is 15.7. The summed E-state index contributed by atoms with van der Waals surface area (Å²) in [5.74, 6) is 1.72. The minimum Gasteiger partial charge on any atom is -0.616 e. The van der Waals surface area contributed by atoms with Crippen molar-refractivity contribution in [3.05, 3.63) is 23.5 Å². The van der Waals surface area contributed by atoms with Crippen LogP contribution in [0.25, 0.3) is 0 Å². The van der Waals surface area contributed by atoms with Gasteiger partial charge in [-0.2, -0.15) is 13.2 Å². The number of rotatable bonds is 2. The van der Waals surface area contributed by atoms with Crippen molar-refractivity contribution in [2.75, 3.05) is 42.6 Å². The van der Waals surface area contributed by atoms with Crippen LogP contribution in [0.15, 0.2) is 12.1 Å². The van der Waals surface area contributed by atoms with Gasteiger partial charge in [0.05, 0.1) is 16.8 Å². The second-order valence-electron chi connectivity index (χ2n) is 7.97. The number of halogens is 3. The highest BCUT2D eigenvalue weighted by Crippen LogP contribution is 2.43. The van der Waals surface area contributed by atoms with Crippen molar-refractivity contribution >= 4 is 16.9 Å². The summed E-state index contributed by atoms with van der Waals surface area (Å²) < 4.78 is 49.8. The molecule has 0 saturated carbocycles. The smallest absolute Gasteiger partial charge is 0.433 e. The predicted molar refractivity (Wildman–Crippen MR) is 95.7 cm³/mol. The molecule has 0 aromatic carbocycles. The van der Waals surface area contributed by atoms with Gasteiger partial charge in [0.25, 0.3) is 0 Å². The molecule has 0 aliphatic carbocycles. The number of aryl methyl sites for hydroxylation is 1. The van der Waals surface area contributed by atoms with Gasteiger partial charge in [-0.05, 0) is 44.9 Å². The van der Waals surface area contributed by atoms with E-state index < -0.39 is 23.0 Å². The van der Waals surface area contributed by atoms with Gasteiger partial charge < -0.3 is 9.45 Å². The highest BCUT2D eigenvalue weighted by Gasteiger charge is 2.53. The van der Waals surface area contributed by atoms with E-state index in [4.69, 9.17) is 0 Å². The zero-order chi connectivity index (χ0) is 18.5. The zero-order valence-electron chi connectivity index (χ0n) is 14.9. The van der Waals surface area contributed by atoms with E-state index in [1.165, 1.54) is 0 Å². The number of aromatic nitrogens is 1. The Balaban J connectivity index is 1.35. The van der Waals surface area contributed by atoms with Gasteiger partial charge in [-0.3, -0.25) is 4.90 Å². The van der Waals surface area contributed by atoms with E-state index in [0.717, 1.165) is 68.7 Å².